The van der Waals surface area contributed by atoms with E-state index in [4.69, 9.17) is 26.1 Å². The highest BCUT2D eigenvalue weighted by Gasteiger charge is 2.52. The second-order valence-electron chi connectivity index (χ2n) is 12.9. The number of nitrogens with zero attached hydrogens (tertiary/aromatic N) is 3. The summed E-state index contributed by atoms with van der Waals surface area (Å²) in [6, 6.07) is -0.432. The highest BCUT2D eigenvalue weighted by molar-refractivity contribution is 6.20. The quantitative estimate of drug-likeness (QED) is 0.451. The van der Waals surface area contributed by atoms with Gasteiger partial charge in [0.1, 0.15) is 18.6 Å². The van der Waals surface area contributed by atoms with Gasteiger partial charge in [0.2, 0.25) is 5.91 Å². The smallest absolute Gasteiger partial charge is 0.326 e. The zero-order chi connectivity index (χ0) is 28.4. The molecular weight excluding hydrogens is 535 g/mol. The molecule has 0 aromatic rings. The van der Waals surface area contributed by atoms with Crippen molar-refractivity contribution in [1.82, 2.24) is 15.1 Å². The van der Waals surface area contributed by atoms with Crippen LogP contribution >= 0.6 is 11.6 Å². The predicted octanol–water partition coefficient (Wildman–Crippen LogP) is 4.92. The van der Waals surface area contributed by atoms with Gasteiger partial charge in [0.15, 0.2) is 0 Å². The Morgan fingerprint density at radius 1 is 1.07 bits per heavy atom. The van der Waals surface area contributed by atoms with Crippen molar-refractivity contribution in [1.29, 1.82) is 0 Å². The molecule has 7 atom stereocenters. The van der Waals surface area contributed by atoms with E-state index in [1.165, 1.54) is 0 Å². The van der Waals surface area contributed by atoms with Crippen LogP contribution < -0.4 is 5.32 Å². The lowest BCUT2D eigenvalue weighted by molar-refractivity contribution is -0.123. The molecular formula is C30H48ClFN4O4. The Morgan fingerprint density at radius 2 is 1.85 bits per heavy atom. The number of hydrogen-bond donors (Lipinski definition) is 1. The monoisotopic (exact) mass is 582 g/mol. The normalized spacial score (nSPS) is 39.3. The molecule has 3 amide bonds. The molecule has 40 heavy (non-hydrogen) atoms. The number of carbonyl (C=O) groups excluding carboxylic acids is 2. The molecule has 2 heterocycles. The zero-order valence-corrected chi connectivity index (χ0v) is 25.2. The average molecular weight is 583 g/mol. The Morgan fingerprint density at radius 3 is 2.52 bits per heavy atom. The van der Waals surface area contributed by atoms with Crippen molar-refractivity contribution in [2.75, 3.05) is 26.7 Å². The molecule has 10 heteroatoms. The minimum atomic E-state index is -0.818. The number of ether oxygens (including phenoxy) is 2. The average Bonchev–Trinajstić information content (AvgIpc) is 3.33. The standard InChI is InChI=1S/C30H48ClFN4O4/c1-18(2)40-25-16-23(39-3)11-12-24(25)29-34-27(20-5-4-6-22(32)15-20)28(19-7-9-21(31)10-8-19)36(29)30(38)35-14-13-33-26(37)17-35/h18-25,27-28H,4-17H2,1-3H3,(H,33,37)/t19?,20?,21?,22?,23?,24?,25?,27-,28+/m0/s1. The van der Waals surface area contributed by atoms with E-state index in [1.807, 2.05) is 18.7 Å². The van der Waals surface area contributed by atoms with E-state index in [-0.39, 0.29) is 72.0 Å². The Labute approximate surface area is 243 Å². The Hall–Kier alpha value is -1.45. The fourth-order valence-electron chi connectivity index (χ4n) is 7.92. The first-order chi connectivity index (χ1) is 19.2. The van der Waals surface area contributed by atoms with Gasteiger partial charge in [0.05, 0.1) is 30.4 Å². The third-order valence-corrected chi connectivity index (χ3v) is 10.3. The summed E-state index contributed by atoms with van der Waals surface area (Å²) in [6.07, 6.45) is 8.17. The summed E-state index contributed by atoms with van der Waals surface area (Å²) in [7, 11) is 1.75. The molecule has 226 valence electrons. The number of aliphatic imine (C=N–C) groups is 1. The van der Waals surface area contributed by atoms with E-state index < -0.39 is 6.17 Å². The molecule has 0 spiro atoms. The first-order valence-corrected chi connectivity index (χ1v) is 16.1. The van der Waals surface area contributed by atoms with Gasteiger partial charge in [-0.1, -0.05) is 6.42 Å². The summed E-state index contributed by atoms with van der Waals surface area (Å²) in [5, 5.41) is 3.00. The van der Waals surface area contributed by atoms with Crippen LogP contribution in [0.2, 0.25) is 0 Å². The molecule has 4 fully saturated rings. The number of amides is 3. The van der Waals surface area contributed by atoms with Crippen LogP contribution in [-0.4, -0.2) is 96.3 Å². The molecule has 5 rings (SSSR count). The minimum absolute atomic E-state index is 0.0243. The summed E-state index contributed by atoms with van der Waals surface area (Å²) in [6.45, 7) is 5.05. The maximum absolute atomic E-state index is 14.8. The topological polar surface area (TPSA) is 83.5 Å². The number of amidine groups is 1. The van der Waals surface area contributed by atoms with E-state index in [2.05, 4.69) is 5.32 Å². The fourth-order valence-corrected chi connectivity index (χ4v) is 8.17. The molecule has 0 aromatic carbocycles. The van der Waals surface area contributed by atoms with Crippen LogP contribution in [0, 0.1) is 17.8 Å². The van der Waals surface area contributed by atoms with E-state index in [0.29, 0.717) is 25.9 Å². The molecule has 3 aliphatic carbocycles. The first-order valence-electron chi connectivity index (χ1n) is 15.6. The third-order valence-electron chi connectivity index (χ3n) is 9.86. The summed E-state index contributed by atoms with van der Waals surface area (Å²) in [4.78, 5) is 35.9. The first kappa shape index (κ1) is 30.0. The van der Waals surface area contributed by atoms with Crippen LogP contribution in [0.4, 0.5) is 9.18 Å². The van der Waals surface area contributed by atoms with Gasteiger partial charge in [-0.25, -0.2) is 9.18 Å². The Bertz CT molecular complexity index is 929. The summed E-state index contributed by atoms with van der Waals surface area (Å²) < 4.78 is 27.0. The van der Waals surface area contributed by atoms with Crippen LogP contribution in [0.25, 0.3) is 0 Å². The molecule has 1 saturated heterocycles. The van der Waals surface area contributed by atoms with Crippen LogP contribution in [0.3, 0.4) is 0 Å². The number of halogens is 2. The molecule has 2 aliphatic heterocycles. The lowest BCUT2D eigenvalue weighted by atomic mass is 9.74. The maximum atomic E-state index is 14.8. The van der Waals surface area contributed by atoms with Crippen molar-refractivity contribution in [2.24, 2.45) is 22.7 Å². The van der Waals surface area contributed by atoms with Crippen LogP contribution in [-0.2, 0) is 14.3 Å². The van der Waals surface area contributed by atoms with E-state index in [9.17, 15) is 14.0 Å². The van der Waals surface area contributed by atoms with Gasteiger partial charge in [-0.2, -0.15) is 0 Å². The number of rotatable bonds is 6. The molecule has 1 N–H and O–H groups in total. The highest BCUT2D eigenvalue weighted by Crippen LogP contribution is 2.45. The SMILES string of the molecule is COC1CCC(C2=N[C@@H](C3CCCC(F)C3)[C@@H](C3CCC(Cl)CC3)N2C(=O)N2CCNC(=O)C2)C(OC(C)C)C1. The number of hydrogen-bond acceptors (Lipinski definition) is 5. The molecule has 0 aromatic heterocycles. The second-order valence-corrected chi connectivity index (χ2v) is 13.5. The number of piperazine rings is 1. The van der Waals surface area contributed by atoms with Crippen molar-refractivity contribution in [3.05, 3.63) is 0 Å². The fraction of sp³-hybridized carbons (Fsp3) is 0.900. The summed E-state index contributed by atoms with van der Waals surface area (Å²) >= 11 is 6.54. The molecule has 5 unspecified atom stereocenters. The largest absolute Gasteiger partial charge is 0.381 e. The van der Waals surface area contributed by atoms with Gasteiger partial charge in [-0.05, 0) is 83.5 Å². The Kier molecular flexibility index (Phi) is 9.94. The second kappa shape index (κ2) is 13.2. The molecule has 0 radical (unpaired) electrons. The van der Waals surface area contributed by atoms with E-state index >= 15 is 0 Å². The summed E-state index contributed by atoms with van der Waals surface area (Å²) in [5.41, 5.74) is 0. The van der Waals surface area contributed by atoms with Crippen LogP contribution in [0.5, 0.6) is 0 Å². The highest BCUT2D eigenvalue weighted by atomic mass is 35.5. The maximum Gasteiger partial charge on any atom is 0.326 e. The van der Waals surface area contributed by atoms with Crippen LogP contribution in [0.1, 0.15) is 84.5 Å². The van der Waals surface area contributed by atoms with E-state index in [0.717, 1.165) is 63.6 Å². The van der Waals surface area contributed by atoms with Gasteiger partial charge >= 0.3 is 6.03 Å². The number of urea groups is 1. The molecule has 8 nitrogen and oxygen atoms in total. The van der Waals surface area contributed by atoms with Crippen molar-refractivity contribution >= 4 is 29.4 Å². The van der Waals surface area contributed by atoms with Gasteiger partial charge in [0, 0.05) is 37.9 Å². The minimum Gasteiger partial charge on any atom is -0.381 e. The number of alkyl halides is 2. The zero-order valence-electron chi connectivity index (χ0n) is 24.4. The number of methoxy groups -OCH3 is 1. The predicted molar refractivity (Wildman–Crippen MR) is 153 cm³/mol. The van der Waals surface area contributed by atoms with Crippen molar-refractivity contribution in [3.63, 3.8) is 0 Å². The Balaban J connectivity index is 1.54. The van der Waals surface area contributed by atoms with Gasteiger partial charge in [-0.3, -0.25) is 14.7 Å². The van der Waals surface area contributed by atoms with E-state index in [1.54, 1.807) is 12.0 Å². The van der Waals surface area contributed by atoms with Crippen molar-refractivity contribution in [2.45, 2.75) is 126 Å². The number of nitrogens with one attached hydrogen (secondary N) is 1. The molecule has 0 bridgehead atoms. The van der Waals surface area contributed by atoms with Crippen molar-refractivity contribution < 1.29 is 23.5 Å². The lowest BCUT2D eigenvalue weighted by Gasteiger charge is -2.44. The van der Waals surface area contributed by atoms with Crippen LogP contribution in [0.15, 0.2) is 4.99 Å². The molecule has 5 aliphatic rings. The number of carbonyl (C=O) groups is 2. The van der Waals surface area contributed by atoms with Gasteiger partial charge in [0.25, 0.3) is 0 Å². The van der Waals surface area contributed by atoms with Gasteiger partial charge < -0.3 is 19.7 Å². The third kappa shape index (κ3) is 6.62. The summed E-state index contributed by atoms with van der Waals surface area (Å²) in [5.74, 6) is 0.934. The van der Waals surface area contributed by atoms with Gasteiger partial charge in [-0.15, -0.1) is 11.6 Å². The van der Waals surface area contributed by atoms with Crippen molar-refractivity contribution in [3.8, 4) is 0 Å². The molecule has 3 saturated carbocycles. The lowest BCUT2D eigenvalue weighted by Crippen LogP contribution is -2.60.